The maximum atomic E-state index is 13.4. The average molecular weight is 534 g/mol. The van der Waals surface area contributed by atoms with Crippen LogP contribution in [0.5, 0.6) is 5.75 Å². The second kappa shape index (κ2) is 12.0. The van der Waals surface area contributed by atoms with E-state index in [0.717, 1.165) is 17.8 Å². The first kappa shape index (κ1) is 28.5. The number of nitrogens with zero attached hydrogens (tertiary/aromatic N) is 4. The molecule has 0 spiro atoms. The molecule has 12 heteroatoms. The third-order valence-corrected chi connectivity index (χ3v) is 6.30. The number of hydrogen-bond acceptors (Lipinski definition) is 8. The van der Waals surface area contributed by atoms with E-state index < -0.39 is 23.7 Å². The summed E-state index contributed by atoms with van der Waals surface area (Å²) in [4.78, 5) is 24.8. The molecule has 0 radical (unpaired) electrons. The number of rotatable bonds is 8. The van der Waals surface area contributed by atoms with Crippen LogP contribution in [0.4, 0.5) is 13.2 Å². The lowest BCUT2D eigenvalue weighted by atomic mass is 10.0. The third kappa shape index (κ3) is 6.25. The molecule has 9 nitrogen and oxygen atoms in total. The summed E-state index contributed by atoms with van der Waals surface area (Å²) in [6.45, 7) is 6.01. The fourth-order valence-corrected chi connectivity index (χ4v) is 4.16. The van der Waals surface area contributed by atoms with Crippen molar-refractivity contribution in [2.45, 2.75) is 19.1 Å². The fourth-order valence-electron chi connectivity index (χ4n) is 4.16. The molecule has 0 bridgehead atoms. The van der Waals surface area contributed by atoms with Crippen molar-refractivity contribution >= 4 is 12.6 Å². The van der Waals surface area contributed by atoms with E-state index in [0.29, 0.717) is 36.5 Å². The van der Waals surface area contributed by atoms with Crippen molar-refractivity contribution in [1.29, 1.82) is 0 Å². The molecule has 0 aliphatic carbocycles. The molecule has 1 aliphatic rings. The second-order valence-corrected chi connectivity index (χ2v) is 8.51. The number of benzene rings is 1. The molecule has 2 aromatic rings. The summed E-state index contributed by atoms with van der Waals surface area (Å²) in [7, 11) is 2.90. The molecule has 0 unspecified atom stereocenters. The molecule has 0 saturated carbocycles. The Labute approximate surface area is 218 Å². The summed E-state index contributed by atoms with van der Waals surface area (Å²) in [6, 6.07) is 5.50. The lowest BCUT2D eigenvalue weighted by molar-refractivity contribution is -0.137. The lowest BCUT2D eigenvalue weighted by Crippen LogP contribution is -2.56. The molecule has 1 aromatic carbocycles. The fraction of sp³-hybridized carbons (Fsp3) is 0.346. The molecule has 2 heterocycles. The molecule has 3 N–H and O–H groups in total. The van der Waals surface area contributed by atoms with Crippen molar-refractivity contribution in [3.05, 3.63) is 71.1 Å². The quantitative estimate of drug-likeness (QED) is 0.304. The predicted octanol–water partition coefficient (Wildman–Crippen LogP) is 3.27. The molecule has 1 amide bonds. The van der Waals surface area contributed by atoms with Crippen molar-refractivity contribution in [3.8, 4) is 16.9 Å². The topological polar surface area (TPSA) is 114 Å². The number of piperazine rings is 1. The Morgan fingerprint density at radius 2 is 1.97 bits per heavy atom. The van der Waals surface area contributed by atoms with Crippen LogP contribution in [0.15, 0.2) is 64.9 Å². The van der Waals surface area contributed by atoms with Gasteiger partial charge in [0.15, 0.2) is 0 Å². The number of ether oxygens (including phenoxy) is 2. The number of pyridine rings is 1. The number of carbonyl (C=O) groups excluding carboxylic acids is 1. The molecule has 1 fully saturated rings. The standard InChI is InChI=1S/C26H30F3N5O4/c1-16(22(37-3)12-24(30)31-2)33-9-10-34(19(14-33)15-35)25(36)21-11-23(38-4)20(13-32-21)17-5-7-18(8-6-17)26(27,28)29/h5-8,11-13,19,35H,2,9-10,14-15,30H2,1,3-4H3/b22-16-,24-12-/t19-/m0/s1. The molecule has 204 valence electrons. The van der Waals surface area contributed by atoms with Crippen molar-refractivity contribution in [2.24, 2.45) is 10.7 Å². The van der Waals surface area contributed by atoms with Crippen LogP contribution in [0.2, 0.25) is 0 Å². The molecular formula is C26H30F3N5O4. The summed E-state index contributed by atoms with van der Waals surface area (Å²) in [6.07, 6.45) is -1.51. The predicted molar refractivity (Wildman–Crippen MR) is 136 cm³/mol. The van der Waals surface area contributed by atoms with E-state index in [9.17, 15) is 23.1 Å². The van der Waals surface area contributed by atoms with Gasteiger partial charge in [0.1, 0.15) is 23.0 Å². The van der Waals surface area contributed by atoms with Crippen LogP contribution in [0, 0.1) is 0 Å². The van der Waals surface area contributed by atoms with Gasteiger partial charge in [0.2, 0.25) is 0 Å². The number of aliphatic hydroxyl groups excluding tert-OH is 1. The number of hydrogen-bond donors (Lipinski definition) is 2. The van der Waals surface area contributed by atoms with E-state index in [1.807, 2.05) is 11.8 Å². The summed E-state index contributed by atoms with van der Waals surface area (Å²) < 4.78 is 49.6. The van der Waals surface area contributed by atoms with E-state index >= 15 is 0 Å². The molecule has 1 saturated heterocycles. The molecule has 3 rings (SSSR count). The monoisotopic (exact) mass is 533 g/mol. The number of alkyl halides is 3. The van der Waals surface area contributed by atoms with E-state index in [4.69, 9.17) is 15.2 Å². The Balaban J connectivity index is 1.83. The van der Waals surface area contributed by atoms with Crippen LogP contribution >= 0.6 is 0 Å². The number of halogens is 3. The van der Waals surface area contributed by atoms with Crippen LogP contribution in [0.1, 0.15) is 23.0 Å². The first-order valence-corrected chi connectivity index (χ1v) is 11.6. The van der Waals surface area contributed by atoms with E-state index in [2.05, 4.69) is 16.7 Å². The Morgan fingerprint density at radius 1 is 1.29 bits per heavy atom. The zero-order valence-electron chi connectivity index (χ0n) is 21.3. The summed E-state index contributed by atoms with van der Waals surface area (Å²) in [5.41, 5.74) is 6.71. The van der Waals surface area contributed by atoms with Crippen LogP contribution in [0.3, 0.4) is 0 Å². The van der Waals surface area contributed by atoms with Gasteiger partial charge < -0.3 is 30.1 Å². The van der Waals surface area contributed by atoms with Crippen molar-refractivity contribution in [3.63, 3.8) is 0 Å². The number of aliphatic imine (C=N–C) groups is 1. The van der Waals surface area contributed by atoms with Gasteiger partial charge in [-0.3, -0.25) is 9.78 Å². The highest BCUT2D eigenvalue weighted by molar-refractivity contribution is 5.94. The number of carbonyl (C=O) groups is 1. The summed E-state index contributed by atoms with van der Waals surface area (Å²) in [5, 5.41) is 10.1. The van der Waals surface area contributed by atoms with Gasteiger partial charge in [0.05, 0.1) is 38.1 Å². The largest absolute Gasteiger partial charge is 0.496 e. The van der Waals surface area contributed by atoms with E-state index in [-0.39, 0.29) is 23.9 Å². The smallest absolute Gasteiger partial charge is 0.416 e. The Bertz CT molecular complexity index is 1230. The Hall–Kier alpha value is -4.06. The second-order valence-electron chi connectivity index (χ2n) is 8.51. The normalized spacial score (nSPS) is 17.1. The summed E-state index contributed by atoms with van der Waals surface area (Å²) in [5.74, 6) is 0.547. The third-order valence-electron chi connectivity index (χ3n) is 6.30. The van der Waals surface area contributed by atoms with Crippen LogP contribution in [-0.4, -0.2) is 79.0 Å². The first-order valence-electron chi connectivity index (χ1n) is 11.6. The molecule has 1 aliphatic heterocycles. The molecule has 38 heavy (non-hydrogen) atoms. The van der Waals surface area contributed by atoms with Crippen molar-refractivity contribution in [1.82, 2.24) is 14.8 Å². The van der Waals surface area contributed by atoms with Gasteiger partial charge in [0.25, 0.3) is 5.91 Å². The van der Waals surface area contributed by atoms with Gasteiger partial charge in [-0.1, -0.05) is 12.1 Å². The van der Waals surface area contributed by atoms with Gasteiger partial charge in [0, 0.05) is 43.5 Å². The van der Waals surface area contributed by atoms with E-state index in [1.54, 1.807) is 6.08 Å². The maximum Gasteiger partial charge on any atom is 0.416 e. The molecule has 1 atom stereocenters. The highest BCUT2D eigenvalue weighted by Crippen LogP contribution is 2.34. The minimum atomic E-state index is -4.45. The lowest BCUT2D eigenvalue weighted by Gasteiger charge is -2.42. The van der Waals surface area contributed by atoms with Gasteiger partial charge >= 0.3 is 6.18 Å². The SMILES string of the molecule is C=N/C(N)=C\C(OC)=C(/C)N1CCN(C(=O)c2cc(OC)c(-c3ccc(C(F)(F)F)cc3)cn2)[C@H](CO)C1. The van der Waals surface area contributed by atoms with Crippen LogP contribution in [-0.2, 0) is 10.9 Å². The van der Waals surface area contributed by atoms with Gasteiger partial charge in [-0.2, -0.15) is 13.2 Å². The molecular weight excluding hydrogens is 503 g/mol. The zero-order chi connectivity index (χ0) is 28.0. The van der Waals surface area contributed by atoms with Gasteiger partial charge in [-0.15, -0.1) is 0 Å². The minimum absolute atomic E-state index is 0.0852. The van der Waals surface area contributed by atoms with E-state index in [1.165, 1.54) is 43.5 Å². The first-order chi connectivity index (χ1) is 18.0. The summed E-state index contributed by atoms with van der Waals surface area (Å²) >= 11 is 0. The van der Waals surface area contributed by atoms with Crippen molar-refractivity contribution in [2.75, 3.05) is 40.5 Å². The number of methoxy groups -OCH3 is 2. The highest BCUT2D eigenvalue weighted by Gasteiger charge is 2.33. The van der Waals surface area contributed by atoms with Gasteiger partial charge in [-0.05, 0) is 31.3 Å². The Kier molecular flexibility index (Phi) is 9.00. The highest BCUT2D eigenvalue weighted by atomic mass is 19.4. The van der Waals surface area contributed by atoms with Gasteiger partial charge in [-0.25, -0.2) is 4.99 Å². The minimum Gasteiger partial charge on any atom is -0.496 e. The number of amides is 1. The van der Waals surface area contributed by atoms with Crippen molar-refractivity contribution < 1.29 is 32.5 Å². The number of aromatic nitrogens is 1. The zero-order valence-corrected chi connectivity index (χ0v) is 21.3. The molecule has 1 aromatic heterocycles. The average Bonchev–Trinajstić information content (AvgIpc) is 2.93. The number of aliphatic hydroxyl groups is 1. The Morgan fingerprint density at radius 3 is 2.53 bits per heavy atom. The number of allylic oxidation sites excluding steroid dienone is 2. The maximum absolute atomic E-state index is 13.4. The van der Waals surface area contributed by atoms with Crippen LogP contribution < -0.4 is 10.5 Å². The number of nitrogens with two attached hydrogens (primary N) is 1. The van der Waals surface area contributed by atoms with Crippen LogP contribution in [0.25, 0.3) is 11.1 Å².